The van der Waals surface area contributed by atoms with Crippen molar-refractivity contribution in [2.24, 2.45) is 0 Å². The van der Waals surface area contributed by atoms with Gasteiger partial charge in [-0.05, 0) is 52.2 Å². The number of hydrogen-bond donors (Lipinski definition) is 2. The van der Waals surface area contributed by atoms with Crippen molar-refractivity contribution in [2.75, 3.05) is 13.2 Å². The maximum absolute atomic E-state index is 13.1. The fourth-order valence-corrected chi connectivity index (χ4v) is 2.99. The van der Waals surface area contributed by atoms with Gasteiger partial charge in [0, 0.05) is 12.6 Å². The fourth-order valence-electron chi connectivity index (χ4n) is 2.99. The highest BCUT2D eigenvalue weighted by atomic mass is 16.6. The average molecular weight is 474 g/mol. The summed E-state index contributed by atoms with van der Waals surface area (Å²) in [5.41, 5.74) is 0.784. The number of carbonyl (C=O) groups excluding carboxylic acids is 4. The largest absolute Gasteiger partial charge is 0.466 e. The van der Waals surface area contributed by atoms with E-state index in [-0.39, 0.29) is 19.6 Å². The number of amides is 3. The van der Waals surface area contributed by atoms with E-state index in [4.69, 9.17) is 15.9 Å². The topological polar surface area (TPSA) is 114 Å². The Morgan fingerprint density at radius 2 is 1.74 bits per heavy atom. The second-order valence-electron chi connectivity index (χ2n) is 8.55. The summed E-state index contributed by atoms with van der Waals surface area (Å²) in [6, 6.07) is 7.17. The summed E-state index contributed by atoms with van der Waals surface area (Å²) in [4.78, 5) is 50.9. The van der Waals surface area contributed by atoms with E-state index in [9.17, 15) is 19.2 Å². The SMILES string of the molecule is C#CN(C(=O)C(C)NC(=O)OC(C)(C)C)C(C(=O)NCCC(=O)OCC)c1ccc(CC)cc1. The highest BCUT2D eigenvalue weighted by Crippen LogP contribution is 2.23. The number of rotatable bonds is 10. The molecular weight excluding hydrogens is 438 g/mol. The van der Waals surface area contributed by atoms with Crippen LogP contribution in [0.5, 0.6) is 0 Å². The molecule has 0 aliphatic carbocycles. The summed E-state index contributed by atoms with van der Waals surface area (Å²) in [5, 5.41) is 5.08. The van der Waals surface area contributed by atoms with Crippen LogP contribution in [0.15, 0.2) is 24.3 Å². The van der Waals surface area contributed by atoms with Gasteiger partial charge in [0.2, 0.25) is 5.91 Å². The molecule has 1 rings (SSSR count). The lowest BCUT2D eigenvalue weighted by Crippen LogP contribution is -2.50. The molecule has 34 heavy (non-hydrogen) atoms. The van der Waals surface area contributed by atoms with Gasteiger partial charge in [-0.1, -0.05) is 37.6 Å². The third kappa shape index (κ3) is 9.14. The van der Waals surface area contributed by atoms with Crippen LogP contribution in [-0.4, -0.2) is 53.6 Å². The van der Waals surface area contributed by atoms with Crippen molar-refractivity contribution in [1.29, 1.82) is 0 Å². The van der Waals surface area contributed by atoms with E-state index in [0.717, 1.165) is 16.9 Å². The normalized spacial score (nSPS) is 12.5. The van der Waals surface area contributed by atoms with E-state index in [1.165, 1.54) is 6.92 Å². The summed E-state index contributed by atoms with van der Waals surface area (Å²) in [5.74, 6) is -1.69. The molecule has 2 unspecified atom stereocenters. The van der Waals surface area contributed by atoms with Crippen LogP contribution in [-0.2, 0) is 30.3 Å². The van der Waals surface area contributed by atoms with E-state index < -0.39 is 41.6 Å². The maximum Gasteiger partial charge on any atom is 0.408 e. The number of esters is 1. The molecule has 1 aromatic rings. The van der Waals surface area contributed by atoms with Gasteiger partial charge in [0.25, 0.3) is 5.91 Å². The third-order valence-electron chi connectivity index (χ3n) is 4.62. The molecule has 3 amide bonds. The Balaban J connectivity index is 3.12. The molecule has 0 aliphatic heterocycles. The molecule has 0 heterocycles. The van der Waals surface area contributed by atoms with Crippen LogP contribution in [0.2, 0.25) is 0 Å². The van der Waals surface area contributed by atoms with Crippen molar-refractivity contribution < 1.29 is 28.7 Å². The number of terminal acetylenes is 1. The molecule has 186 valence electrons. The highest BCUT2D eigenvalue weighted by Gasteiger charge is 2.34. The van der Waals surface area contributed by atoms with Crippen molar-refractivity contribution in [1.82, 2.24) is 15.5 Å². The fraction of sp³-hybridized carbons (Fsp3) is 0.520. The minimum atomic E-state index is -1.17. The maximum atomic E-state index is 13.1. The minimum Gasteiger partial charge on any atom is -0.466 e. The lowest BCUT2D eigenvalue weighted by Gasteiger charge is -2.29. The molecule has 2 N–H and O–H groups in total. The Hall–Kier alpha value is -3.54. The number of nitrogens with zero attached hydrogens (tertiary/aromatic N) is 1. The molecular formula is C25H35N3O6. The van der Waals surface area contributed by atoms with Gasteiger partial charge in [-0.3, -0.25) is 19.3 Å². The number of aryl methyl sites for hydroxylation is 1. The second kappa shape index (κ2) is 13.2. The standard InChI is InChI=1S/C25H35N3O6/c1-8-18-11-13-19(14-12-18)21(22(30)26-16-15-20(29)33-10-3)28(9-2)23(31)17(4)27-24(32)34-25(5,6)7/h2,11-14,17,21H,8,10,15-16H2,1,3-7H3,(H,26,30)(H,27,32). The molecule has 2 atom stereocenters. The average Bonchev–Trinajstić information content (AvgIpc) is 2.75. The molecule has 0 aromatic heterocycles. The number of hydrogen-bond acceptors (Lipinski definition) is 6. The number of ether oxygens (including phenoxy) is 2. The first-order valence-corrected chi connectivity index (χ1v) is 11.2. The Morgan fingerprint density at radius 1 is 1.12 bits per heavy atom. The van der Waals surface area contributed by atoms with Gasteiger partial charge in [-0.2, -0.15) is 0 Å². The number of nitrogens with one attached hydrogen (secondary N) is 2. The molecule has 9 heteroatoms. The Bertz CT molecular complexity index is 899. The quantitative estimate of drug-likeness (QED) is 0.307. The molecule has 0 aliphatic rings. The van der Waals surface area contributed by atoms with Gasteiger partial charge >= 0.3 is 12.1 Å². The predicted octanol–water partition coefficient (Wildman–Crippen LogP) is 2.69. The number of benzene rings is 1. The predicted molar refractivity (Wildman–Crippen MR) is 127 cm³/mol. The zero-order chi connectivity index (χ0) is 25.9. The van der Waals surface area contributed by atoms with Crippen LogP contribution >= 0.6 is 0 Å². The van der Waals surface area contributed by atoms with Crippen LogP contribution in [0.1, 0.15) is 65.1 Å². The summed E-state index contributed by atoms with van der Waals surface area (Å²) in [6.45, 7) is 10.5. The van der Waals surface area contributed by atoms with Crippen molar-refractivity contribution in [3.8, 4) is 12.5 Å². The van der Waals surface area contributed by atoms with E-state index >= 15 is 0 Å². The Labute approximate surface area is 201 Å². The molecule has 9 nitrogen and oxygen atoms in total. The first kappa shape index (κ1) is 28.5. The van der Waals surface area contributed by atoms with Crippen LogP contribution in [0.4, 0.5) is 4.79 Å². The molecule has 0 saturated heterocycles. The first-order chi connectivity index (χ1) is 15.9. The number of alkyl carbamates (subject to hydrolysis) is 1. The highest BCUT2D eigenvalue weighted by molar-refractivity contribution is 5.93. The zero-order valence-electron chi connectivity index (χ0n) is 20.8. The Kier molecular flexibility index (Phi) is 11.1. The summed E-state index contributed by atoms with van der Waals surface area (Å²) in [7, 11) is 0. The molecule has 0 bridgehead atoms. The number of carbonyl (C=O) groups is 4. The van der Waals surface area contributed by atoms with Crippen molar-refractivity contribution in [3.05, 3.63) is 35.4 Å². The third-order valence-corrected chi connectivity index (χ3v) is 4.62. The van der Waals surface area contributed by atoms with E-state index in [0.29, 0.717) is 5.56 Å². The minimum absolute atomic E-state index is 0.0134. The van der Waals surface area contributed by atoms with Gasteiger partial charge in [0.05, 0.1) is 13.0 Å². The summed E-state index contributed by atoms with van der Waals surface area (Å²) >= 11 is 0. The van der Waals surface area contributed by atoms with Gasteiger partial charge < -0.3 is 20.1 Å². The van der Waals surface area contributed by atoms with Crippen LogP contribution in [0.25, 0.3) is 0 Å². The summed E-state index contributed by atoms with van der Waals surface area (Å²) < 4.78 is 10.1. The molecule has 0 fully saturated rings. The van der Waals surface area contributed by atoms with E-state index in [1.54, 1.807) is 39.8 Å². The van der Waals surface area contributed by atoms with E-state index in [1.807, 2.05) is 19.1 Å². The zero-order valence-corrected chi connectivity index (χ0v) is 20.8. The Morgan fingerprint density at radius 3 is 2.24 bits per heavy atom. The second-order valence-corrected chi connectivity index (χ2v) is 8.55. The molecule has 0 radical (unpaired) electrons. The van der Waals surface area contributed by atoms with Crippen molar-refractivity contribution >= 4 is 23.9 Å². The van der Waals surface area contributed by atoms with Gasteiger partial charge in [0.15, 0.2) is 0 Å². The van der Waals surface area contributed by atoms with Gasteiger partial charge in [-0.15, -0.1) is 0 Å². The van der Waals surface area contributed by atoms with Crippen LogP contribution in [0, 0.1) is 12.5 Å². The van der Waals surface area contributed by atoms with Gasteiger partial charge in [-0.25, -0.2) is 4.79 Å². The van der Waals surface area contributed by atoms with E-state index in [2.05, 4.69) is 16.7 Å². The monoisotopic (exact) mass is 473 g/mol. The summed E-state index contributed by atoms with van der Waals surface area (Å²) in [6.07, 6.45) is 5.64. The van der Waals surface area contributed by atoms with Crippen LogP contribution < -0.4 is 10.6 Å². The van der Waals surface area contributed by atoms with Crippen LogP contribution in [0.3, 0.4) is 0 Å². The lowest BCUT2D eigenvalue weighted by molar-refractivity contribution is -0.143. The van der Waals surface area contributed by atoms with Gasteiger partial charge in [0.1, 0.15) is 17.7 Å². The smallest absolute Gasteiger partial charge is 0.408 e. The van der Waals surface area contributed by atoms with Crippen molar-refractivity contribution in [2.45, 2.75) is 72.1 Å². The van der Waals surface area contributed by atoms with Crippen molar-refractivity contribution in [3.63, 3.8) is 0 Å². The first-order valence-electron chi connectivity index (χ1n) is 11.2. The molecule has 0 spiro atoms. The lowest BCUT2D eigenvalue weighted by atomic mass is 10.0. The molecule has 0 saturated carbocycles. The molecule has 1 aromatic carbocycles.